The first kappa shape index (κ1) is 18.8. The Morgan fingerprint density at radius 3 is 2.79 bits per heavy atom. The van der Waals surface area contributed by atoms with Crippen LogP contribution in [0.3, 0.4) is 0 Å². The second-order valence-electron chi connectivity index (χ2n) is 5.13. The van der Waals surface area contributed by atoms with Crippen LogP contribution in [0.15, 0.2) is 29.4 Å². The summed E-state index contributed by atoms with van der Waals surface area (Å²) in [4.78, 5) is 9.77. The largest absolute Gasteiger partial charge is 0.490 e. The quantitative estimate of drug-likeness (QED) is 0.418. The van der Waals surface area contributed by atoms with E-state index in [0.29, 0.717) is 25.7 Å². The monoisotopic (exact) mass is 460 g/mol. The van der Waals surface area contributed by atoms with Gasteiger partial charge >= 0.3 is 0 Å². The van der Waals surface area contributed by atoms with Crippen LogP contribution in [0.1, 0.15) is 16.3 Å². The highest BCUT2D eigenvalue weighted by Gasteiger charge is 2.11. The first-order valence-electron chi connectivity index (χ1n) is 7.53. The Morgan fingerprint density at radius 1 is 1.29 bits per heavy atom. The summed E-state index contributed by atoms with van der Waals surface area (Å²) in [5.74, 6) is 2.24. The first-order chi connectivity index (χ1) is 11.2. The third kappa shape index (κ3) is 4.97. The van der Waals surface area contributed by atoms with Crippen molar-refractivity contribution in [2.75, 3.05) is 25.6 Å². The number of thiazole rings is 1. The van der Waals surface area contributed by atoms with E-state index in [4.69, 9.17) is 9.47 Å². The highest BCUT2D eigenvalue weighted by molar-refractivity contribution is 14.0. The minimum atomic E-state index is 0. The molecule has 24 heavy (non-hydrogen) atoms. The molecule has 0 bridgehead atoms. The van der Waals surface area contributed by atoms with E-state index in [0.717, 1.165) is 28.6 Å². The zero-order valence-electron chi connectivity index (χ0n) is 13.7. The molecule has 0 saturated heterocycles. The first-order valence-corrected chi connectivity index (χ1v) is 8.35. The average molecular weight is 460 g/mol. The second-order valence-corrected chi connectivity index (χ2v) is 6.45. The van der Waals surface area contributed by atoms with Crippen LogP contribution in [0.25, 0.3) is 0 Å². The van der Waals surface area contributed by atoms with Crippen LogP contribution in [-0.2, 0) is 6.54 Å². The van der Waals surface area contributed by atoms with Gasteiger partial charge in [0, 0.05) is 36.3 Å². The average Bonchev–Trinajstić information content (AvgIpc) is 2.83. The molecule has 2 aromatic rings. The number of nitrogens with zero attached hydrogens (tertiary/aromatic N) is 2. The number of aryl methyl sites for hydroxylation is 1. The molecule has 3 rings (SSSR count). The van der Waals surface area contributed by atoms with E-state index in [1.807, 2.05) is 31.3 Å². The van der Waals surface area contributed by atoms with Gasteiger partial charge in [0.1, 0.15) is 5.01 Å². The number of aromatic nitrogens is 1. The Labute approximate surface area is 162 Å². The molecule has 6 nitrogen and oxygen atoms in total. The van der Waals surface area contributed by atoms with Crippen molar-refractivity contribution in [2.24, 2.45) is 4.99 Å². The minimum Gasteiger partial charge on any atom is -0.490 e. The van der Waals surface area contributed by atoms with Crippen LogP contribution in [0.2, 0.25) is 0 Å². The number of rotatable bonds is 3. The summed E-state index contributed by atoms with van der Waals surface area (Å²) in [7, 11) is 1.74. The summed E-state index contributed by atoms with van der Waals surface area (Å²) in [6, 6.07) is 5.80. The lowest BCUT2D eigenvalue weighted by Crippen LogP contribution is -2.30. The van der Waals surface area contributed by atoms with E-state index in [1.165, 1.54) is 4.88 Å². The summed E-state index contributed by atoms with van der Waals surface area (Å²) in [6.45, 7) is 4.05. The number of anilines is 1. The van der Waals surface area contributed by atoms with Crippen molar-refractivity contribution < 1.29 is 9.47 Å². The van der Waals surface area contributed by atoms with Crippen molar-refractivity contribution in [3.8, 4) is 11.5 Å². The van der Waals surface area contributed by atoms with Crippen LogP contribution in [0.4, 0.5) is 5.69 Å². The van der Waals surface area contributed by atoms with Crippen LogP contribution >= 0.6 is 35.3 Å². The molecule has 0 fully saturated rings. The molecule has 2 N–H and O–H groups in total. The van der Waals surface area contributed by atoms with Gasteiger partial charge in [-0.2, -0.15) is 0 Å². The second kappa shape index (κ2) is 9.07. The molecule has 1 aromatic carbocycles. The molecule has 1 aliphatic rings. The zero-order valence-corrected chi connectivity index (χ0v) is 16.8. The number of hydrogen-bond acceptors (Lipinski definition) is 5. The molecule has 0 aliphatic carbocycles. The molecule has 0 spiro atoms. The fraction of sp³-hybridized carbons (Fsp3) is 0.375. The molecule has 0 unspecified atom stereocenters. The minimum absolute atomic E-state index is 0. The van der Waals surface area contributed by atoms with E-state index in [-0.39, 0.29) is 24.0 Å². The number of ether oxygens (including phenoxy) is 2. The van der Waals surface area contributed by atoms with Crippen molar-refractivity contribution in [1.82, 2.24) is 10.3 Å². The molecule has 1 aromatic heterocycles. The maximum absolute atomic E-state index is 5.70. The van der Waals surface area contributed by atoms with E-state index in [2.05, 4.69) is 20.6 Å². The smallest absolute Gasteiger partial charge is 0.195 e. The van der Waals surface area contributed by atoms with E-state index >= 15 is 0 Å². The van der Waals surface area contributed by atoms with Gasteiger partial charge in [-0.3, -0.25) is 4.99 Å². The fourth-order valence-corrected chi connectivity index (χ4v) is 2.93. The lowest BCUT2D eigenvalue weighted by Gasteiger charge is -2.13. The number of fused-ring (bicyclic) bond motifs is 1. The summed E-state index contributed by atoms with van der Waals surface area (Å²) in [5, 5.41) is 7.54. The van der Waals surface area contributed by atoms with Gasteiger partial charge in [-0.05, 0) is 19.1 Å². The van der Waals surface area contributed by atoms with Gasteiger partial charge in [0.2, 0.25) is 0 Å². The van der Waals surface area contributed by atoms with Crippen LogP contribution in [0.5, 0.6) is 11.5 Å². The normalized spacial score (nSPS) is 13.7. The molecule has 130 valence electrons. The lowest BCUT2D eigenvalue weighted by atomic mass is 10.3. The van der Waals surface area contributed by atoms with Gasteiger partial charge in [0.25, 0.3) is 0 Å². The molecule has 0 radical (unpaired) electrons. The van der Waals surface area contributed by atoms with Crippen molar-refractivity contribution in [1.29, 1.82) is 0 Å². The molecule has 0 atom stereocenters. The van der Waals surface area contributed by atoms with Crippen molar-refractivity contribution in [2.45, 2.75) is 19.9 Å². The molecule has 8 heteroatoms. The van der Waals surface area contributed by atoms with Crippen LogP contribution < -0.4 is 20.1 Å². The molecular formula is C16H21IN4O2S. The van der Waals surface area contributed by atoms with Gasteiger partial charge in [0.05, 0.1) is 19.8 Å². The number of aliphatic imine (C=N–C) groups is 1. The Morgan fingerprint density at radius 2 is 2.08 bits per heavy atom. The number of benzene rings is 1. The number of hydrogen-bond donors (Lipinski definition) is 2. The van der Waals surface area contributed by atoms with Gasteiger partial charge in [-0.1, -0.05) is 0 Å². The third-order valence-electron chi connectivity index (χ3n) is 3.31. The summed E-state index contributed by atoms with van der Waals surface area (Å²) in [5.41, 5.74) is 0.901. The van der Waals surface area contributed by atoms with E-state index in [1.54, 1.807) is 18.4 Å². The van der Waals surface area contributed by atoms with Gasteiger partial charge in [-0.15, -0.1) is 35.3 Å². The SMILES string of the molecule is CN=C(NCc1ncc(C)s1)Nc1ccc2c(c1)OCCCO2.I. The number of guanidine groups is 1. The Bertz CT molecular complexity index is 705. The van der Waals surface area contributed by atoms with Gasteiger partial charge in [0.15, 0.2) is 17.5 Å². The number of nitrogens with one attached hydrogen (secondary N) is 2. The summed E-state index contributed by atoms with van der Waals surface area (Å²) in [6.07, 6.45) is 2.77. The van der Waals surface area contributed by atoms with E-state index < -0.39 is 0 Å². The van der Waals surface area contributed by atoms with Crippen molar-refractivity contribution >= 4 is 47.0 Å². The molecule has 2 heterocycles. The summed E-state index contributed by atoms with van der Waals surface area (Å²) >= 11 is 1.67. The third-order valence-corrected chi connectivity index (χ3v) is 4.22. The number of halogens is 1. The molecule has 0 saturated carbocycles. The standard InChI is InChI=1S/C16H20N4O2S.HI/c1-11-9-18-15(23-11)10-19-16(17-2)20-12-4-5-13-14(8-12)22-7-3-6-21-13;/h4-5,8-9H,3,6-7,10H2,1-2H3,(H2,17,19,20);1H. The highest BCUT2D eigenvalue weighted by Crippen LogP contribution is 2.32. The highest BCUT2D eigenvalue weighted by atomic mass is 127. The lowest BCUT2D eigenvalue weighted by molar-refractivity contribution is 0.297. The molecular weight excluding hydrogens is 439 g/mol. The molecule has 0 amide bonds. The van der Waals surface area contributed by atoms with Crippen LogP contribution in [0, 0.1) is 6.92 Å². The Hall–Kier alpha value is -1.55. The predicted molar refractivity (Wildman–Crippen MR) is 108 cm³/mol. The maximum atomic E-state index is 5.70. The van der Waals surface area contributed by atoms with E-state index in [9.17, 15) is 0 Å². The Kier molecular flexibility index (Phi) is 7.10. The molecule has 1 aliphatic heterocycles. The van der Waals surface area contributed by atoms with Crippen LogP contribution in [-0.4, -0.2) is 31.2 Å². The zero-order chi connectivity index (χ0) is 16.1. The maximum Gasteiger partial charge on any atom is 0.195 e. The predicted octanol–water partition coefficient (Wildman–Crippen LogP) is 3.42. The summed E-state index contributed by atoms with van der Waals surface area (Å²) < 4.78 is 11.3. The van der Waals surface area contributed by atoms with Crippen molar-refractivity contribution in [3.63, 3.8) is 0 Å². The fourth-order valence-electron chi connectivity index (χ4n) is 2.20. The van der Waals surface area contributed by atoms with Gasteiger partial charge < -0.3 is 20.1 Å². The van der Waals surface area contributed by atoms with Gasteiger partial charge in [-0.25, -0.2) is 4.98 Å². The topological polar surface area (TPSA) is 67.8 Å². The Balaban J connectivity index is 0.00000208. The van der Waals surface area contributed by atoms with Crippen molar-refractivity contribution in [3.05, 3.63) is 34.3 Å².